The van der Waals surface area contributed by atoms with Gasteiger partial charge in [0.1, 0.15) is 5.84 Å². The quantitative estimate of drug-likeness (QED) is 0.826. The molecular weight excluding hydrogens is 344 g/mol. The number of ether oxygens (including phenoxy) is 2. The monoisotopic (exact) mass is 358 g/mol. The third-order valence-corrected chi connectivity index (χ3v) is 4.13. The largest absolute Gasteiger partial charge is 0.454 e. The molecular formula is C17H15ClN4O3. The van der Waals surface area contributed by atoms with Gasteiger partial charge in [-0.25, -0.2) is 4.79 Å². The maximum atomic E-state index is 12.2. The number of benzene rings is 2. The standard InChI is InChI=1S/C17H15ClN4O3/c18-22-7-6-19-16(22)11-2-1-3-12(8-11)20-17(23)21-13-4-5-14-15(9-13)25-10-24-14/h1-5,8-9H,6-7,10H2,(H2,20,21,23). The number of halogens is 1. The lowest BCUT2D eigenvalue weighted by Crippen LogP contribution is -2.20. The van der Waals surface area contributed by atoms with Crippen LogP contribution in [0, 0.1) is 0 Å². The van der Waals surface area contributed by atoms with Gasteiger partial charge in [0.2, 0.25) is 6.79 Å². The summed E-state index contributed by atoms with van der Waals surface area (Å²) in [6, 6.07) is 12.3. The van der Waals surface area contributed by atoms with Crippen LogP contribution in [0.2, 0.25) is 0 Å². The maximum Gasteiger partial charge on any atom is 0.323 e. The van der Waals surface area contributed by atoms with Crippen molar-refractivity contribution in [2.45, 2.75) is 0 Å². The SMILES string of the molecule is O=C(Nc1cccc(C2=NCCN2Cl)c1)Nc1ccc2c(c1)OCO2. The Labute approximate surface area is 149 Å². The zero-order valence-corrected chi connectivity index (χ0v) is 13.9. The number of anilines is 2. The van der Waals surface area contributed by atoms with E-state index in [2.05, 4.69) is 15.6 Å². The molecule has 2 heterocycles. The number of nitrogens with one attached hydrogen (secondary N) is 2. The van der Waals surface area contributed by atoms with Crippen molar-refractivity contribution >= 4 is 35.0 Å². The van der Waals surface area contributed by atoms with Gasteiger partial charge >= 0.3 is 6.03 Å². The molecule has 0 unspecified atom stereocenters. The Bertz CT molecular complexity index is 856. The van der Waals surface area contributed by atoms with Gasteiger partial charge in [0.15, 0.2) is 11.5 Å². The fourth-order valence-corrected chi connectivity index (χ4v) is 2.89. The van der Waals surface area contributed by atoms with E-state index >= 15 is 0 Å². The number of amides is 2. The van der Waals surface area contributed by atoms with Crippen molar-refractivity contribution in [2.24, 2.45) is 4.99 Å². The normalized spacial score (nSPS) is 15.1. The van der Waals surface area contributed by atoms with Crippen LogP contribution in [-0.2, 0) is 0 Å². The van der Waals surface area contributed by atoms with E-state index in [1.165, 1.54) is 0 Å². The molecule has 0 aromatic heterocycles. The first-order valence-corrected chi connectivity index (χ1v) is 8.09. The fourth-order valence-electron chi connectivity index (χ4n) is 2.66. The number of urea groups is 1. The third kappa shape index (κ3) is 3.32. The van der Waals surface area contributed by atoms with E-state index in [0.717, 1.165) is 5.56 Å². The number of hydrogen-bond donors (Lipinski definition) is 2. The highest BCUT2D eigenvalue weighted by Crippen LogP contribution is 2.34. The molecule has 2 aromatic carbocycles. The van der Waals surface area contributed by atoms with E-state index < -0.39 is 0 Å². The first kappa shape index (κ1) is 15.6. The molecule has 2 amide bonds. The number of carbonyl (C=O) groups is 1. The van der Waals surface area contributed by atoms with Gasteiger partial charge in [-0.1, -0.05) is 12.1 Å². The molecule has 2 aliphatic heterocycles. The summed E-state index contributed by atoms with van der Waals surface area (Å²) in [6.45, 7) is 1.54. The molecule has 4 rings (SSSR count). The molecule has 128 valence electrons. The van der Waals surface area contributed by atoms with Gasteiger partial charge in [-0.15, -0.1) is 0 Å². The zero-order chi connectivity index (χ0) is 17.2. The van der Waals surface area contributed by atoms with E-state index in [0.29, 0.717) is 41.8 Å². The average Bonchev–Trinajstić information content (AvgIpc) is 3.23. The van der Waals surface area contributed by atoms with Crippen LogP contribution in [0.1, 0.15) is 5.56 Å². The molecule has 7 nitrogen and oxygen atoms in total. The third-order valence-electron chi connectivity index (χ3n) is 3.80. The Morgan fingerprint density at radius 3 is 2.68 bits per heavy atom. The zero-order valence-electron chi connectivity index (χ0n) is 13.2. The van der Waals surface area contributed by atoms with Gasteiger partial charge in [-0.05, 0) is 24.3 Å². The predicted octanol–water partition coefficient (Wildman–Crippen LogP) is 3.28. The summed E-state index contributed by atoms with van der Waals surface area (Å²) in [6.07, 6.45) is 0. The lowest BCUT2D eigenvalue weighted by molar-refractivity contribution is 0.174. The summed E-state index contributed by atoms with van der Waals surface area (Å²) in [7, 11) is 0. The molecule has 0 saturated carbocycles. The summed E-state index contributed by atoms with van der Waals surface area (Å²) in [5, 5.41) is 5.56. The second-order valence-corrected chi connectivity index (χ2v) is 5.93. The second-order valence-electron chi connectivity index (χ2n) is 5.52. The molecule has 25 heavy (non-hydrogen) atoms. The molecule has 0 spiro atoms. The van der Waals surface area contributed by atoms with Crippen molar-refractivity contribution in [1.29, 1.82) is 0 Å². The number of nitrogens with zero attached hydrogens (tertiary/aromatic N) is 2. The molecule has 0 aliphatic carbocycles. The number of aliphatic imine (C=N–C) groups is 1. The molecule has 0 fully saturated rings. The van der Waals surface area contributed by atoms with Gasteiger partial charge in [-0.2, -0.15) is 0 Å². The minimum absolute atomic E-state index is 0.194. The summed E-state index contributed by atoms with van der Waals surface area (Å²) in [5.74, 6) is 1.99. The van der Waals surface area contributed by atoms with E-state index in [9.17, 15) is 4.79 Å². The van der Waals surface area contributed by atoms with Crippen LogP contribution in [0.25, 0.3) is 0 Å². The smallest absolute Gasteiger partial charge is 0.323 e. The summed E-state index contributed by atoms with van der Waals surface area (Å²) in [4.78, 5) is 16.6. The number of rotatable bonds is 3. The van der Waals surface area contributed by atoms with Gasteiger partial charge in [-0.3, -0.25) is 9.41 Å². The van der Waals surface area contributed by atoms with E-state index in [4.69, 9.17) is 21.3 Å². The molecule has 2 N–H and O–H groups in total. The minimum atomic E-state index is -0.355. The molecule has 0 bridgehead atoms. The van der Waals surface area contributed by atoms with Crippen LogP contribution in [0.5, 0.6) is 11.5 Å². The molecule has 0 radical (unpaired) electrons. The highest BCUT2D eigenvalue weighted by atomic mass is 35.5. The Morgan fingerprint density at radius 2 is 1.88 bits per heavy atom. The molecule has 2 aliphatic rings. The van der Waals surface area contributed by atoms with Crippen molar-refractivity contribution in [3.63, 3.8) is 0 Å². The second kappa shape index (κ2) is 6.52. The number of amidine groups is 1. The number of hydrogen-bond acceptors (Lipinski definition) is 5. The summed E-state index contributed by atoms with van der Waals surface area (Å²) < 4.78 is 12.1. The highest BCUT2D eigenvalue weighted by Gasteiger charge is 2.17. The van der Waals surface area contributed by atoms with E-state index in [1.54, 1.807) is 28.7 Å². The Hall–Kier alpha value is -2.93. The minimum Gasteiger partial charge on any atom is -0.454 e. The molecule has 8 heteroatoms. The van der Waals surface area contributed by atoms with Crippen molar-refractivity contribution < 1.29 is 14.3 Å². The van der Waals surface area contributed by atoms with Crippen molar-refractivity contribution in [1.82, 2.24) is 4.42 Å². The van der Waals surface area contributed by atoms with Crippen LogP contribution < -0.4 is 20.1 Å². The van der Waals surface area contributed by atoms with Gasteiger partial charge in [0.05, 0.1) is 13.1 Å². The fraction of sp³-hybridized carbons (Fsp3) is 0.176. The summed E-state index contributed by atoms with van der Waals surface area (Å²) >= 11 is 6.11. The molecule has 0 saturated heterocycles. The Balaban J connectivity index is 1.44. The number of fused-ring (bicyclic) bond motifs is 1. The molecule has 0 atom stereocenters. The maximum absolute atomic E-state index is 12.2. The van der Waals surface area contributed by atoms with Gasteiger partial charge in [0.25, 0.3) is 0 Å². The van der Waals surface area contributed by atoms with Crippen molar-refractivity contribution in [2.75, 3.05) is 30.5 Å². The lowest BCUT2D eigenvalue weighted by Gasteiger charge is -2.12. The van der Waals surface area contributed by atoms with Gasteiger partial charge < -0.3 is 20.1 Å². The summed E-state index contributed by atoms with van der Waals surface area (Å²) in [5.41, 5.74) is 2.12. The Kier molecular flexibility index (Phi) is 4.07. The highest BCUT2D eigenvalue weighted by molar-refractivity contribution is 6.26. The van der Waals surface area contributed by atoms with Crippen LogP contribution in [-0.4, -0.2) is 36.2 Å². The van der Waals surface area contributed by atoms with Crippen molar-refractivity contribution in [3.05, 3.63) is 48.0 Å². The topological polar surface area (TPSA) is 75.2 Å². The average molecular weight is 359 g/mol. The first-order chi connectivity index (χ1) is 12.2. The van der Waals surface area contributed by atoms with Gasteiger partial charge in [0, 0.05) is 34.8 Å². The van der Waals surface area contributed by atoms with Crippen LogP contribution >= 0.6 is 11.8 Å². The first-order valence-electron chi connectivity index (χ1n) is 7.75. The van der Waals surface area contributed by atoms with E-state index in [-0.39, 0.29) is 12.8 Å². The van der Waals surface area contributed by atoms with Crippen LogP contribution in [0.3, 0.4) is 0 Å². The lowest BCUT2D eigenvalue weighted by atomic mass is 10.2. The Morgan fingerprint density at radius 1 is 1.08 bits per heavy atom. The van der Waals surface area contributed by atoms with Crippen molar-refractivity contribution in [3.8, 4) is 11.5 Å². The molecule has 2 aromatic rings. The predicted molar refractivity (Wildman–Crippen MR) is 95.6 cm³/mol. The number of carbonyl (C=O) groups excluding carboxylic acids is 1. The van der Waals surface area contributed by atoms with Crippen LogP contribution in [0.15, 0.2) is 47.5 Å². The van der Waals surface area contributed by atoms with Crippen LogP contribution in [0.4, 0.5) is 16.2 Å². The van der Waals surface area contributed by atoms with E-state index in [1.807, 2.05) is 18.2 Å².